The second kappa shape index (κ2) is 28.5. The highest BCUT2D eigenvalue weighted by molar-refractivity contribution is 7.51. The number of aliphatic hydroxyl groups excluding tert-OH is 3. The minimum absolute atomic E-state index is 0.0103. The fourth-order valence-corrected chi connectivity index (χ4v) is 18.5. The van der Waals surface area contributed by atoms with E-state index in [1.54, 1.807) is 35.4 Å². The lowest BCUT2D eigenvalue weighted by atomic mass is 9.39. The molecule has 27 nitrogen and oxygen atoms in total. The van der Waals surface area contributed by atoms with Gasteiger partial charge in [-0.3, -0.25) is 29.1 Å². The van der Waals surface area contributed by atoms with E-state index in [1.807, 2.05) is 65.0 Å². The van der Waals surface area contributed by atoms with E-state index < -0.39 is 67.8 Å². The molecule has 3 aliphatic heterocycles. The molecule has 0 spiro atoms. The minimum Gasteiger partial charge on any atom is -0.479 e. The molecule has 6 fully saturated rings. The summed E-state index contributed by atoms with van der Waals surface area (Å²) in [5, 5.41) is 62.4. The number of para-hydroxylation sites is 1. The van der Waals surface area contributed by atoms with Crippen LogP contribution in [-0.4, -0.2) is 196 Å². The van der Waals surface area contributed by atoms with Gasteiger partial charge in [0.15, 0.2) is 16.9 Å². The van der Waals surface area contributed by atoms with Gasteiger partial charge in [-0.05, 0) is 159 Å². The molecule has 4 saturated carbocycles. The fourth-order valence-electron chi connectivity index (χ4n) is 17.0. The molecular weight excluding hydrogens is 1300 g/mol. The van der Waals surface area contributed by atoms with Gasteiger partial charge >= 0.3 is 25.6 Å². The number of aliphatic hydroxyl groups is 3. The maximum atomic E-state index is 13.8. The fraction of sp³-hybridized carbons (Fsp3) is 0.507. The molecule has 13 rings (SSSR count). The van der Waals surface area contributed by atoms with E-state index >= 15 is 0 Å². The number of ether oxygens (including phenoxy) is 4. The number of piperidine rings is 1. The van der Waals surface area contributed by atoms with E-state index in [2.05, 4.69) is 34.4 Å². The summed E-state index contributed by atoms with van der Waals surface area (Å²) in [6, 6.07) is 21.6. The molecule has 2 unspecified atom stereocenters. The summed E-state index contributed by atoms with van der Waals surface area (Å²) in [6.45, 7) is 10.3. The van der Waals surface area contributed by atoms with Gasteiger partial charge in [0.25, 0.3) is 5.91 Å². The number of nitrogens with zero attached hydrogens (tertiary/aromatic N) is 7. The van der Waals surface area contributed by atoms with Gasteiger partial charge in [-0.25, -0.2) is 24.4 Å². The van der Waals surface area contributed by atoms with Gasteiger partial charge in [0, 0.05) is 80.7 Å². The van der Waals surface area contributed by atoms with Crippen molar-refractivity contribution in [2.24, 2.45) is 22.0 Å². The Morgan fingerprint density at radius 3 is 2.36 bits per heavy atom. The number of pyridine rings is 1. The molecule has 6 heterocycles. The van der Waals surface area contributed by atoms with Crippen LogP contribution in [0, 0.1) is 23.2 Å². The number of nitrogens with two attached hydrogens (primary N) is 1. The number of fused-ring (bicyclic) bond motifs is 2. The third-order valence-corrected chi connectivity index (χ3v) is 22.1. The van der Waals surface area contributed by atoms with Gasteiger partial charge in [0.05, 0.1) is 40.5 Å². The average Bonchev–Trinajstić information content (AvgIpc) is 0.751. The number of benzene rings is 3. The second-order valence-electron chi connectivity index (χ2n) is 28.1. The molecule has 3 amide bonds. The van der Waals surface area contributed by atoms with Crippen LogP contribution in [0.3, 0.4) is 0 Å². The predicted molar refractivity (Wildman–Crippen MR) is 363 cm³/mol. The van der Waals surface area contributed by atoms with Crippen molar-refractivity contribution >= 4 is 81.7 Å². The number of aromatic carboxylic acids is 1. The summed E-state index contributed by atoms with van der Waals surface area (Å²) < 4.78 is 39.0. The predicted octanol–water partition coefficient (Wildman–Crippen LogP) is 7.25. The lowest BCUT2D eigenvalue weighted by Gasteiger charge is -2.69. The molecule has 524 valence electrons. The molecule has 4 bridgehead atoms. The van der Waals surface area contributed by atoms with E-state index in [0.29, 0.717) is 105 Å². The first-order chi connectivity index (χ1) is 46.7. The molecule has 7 aliphatic rings. The van der Waals surface area contributed by atoms with Crippen molar-refractivity contribution < 1.29 is 82.8 Å². The number of amides is 3. The lowest BCUT2D eigenvalue weighted by molar-refractivity contribution is -0.271. The number of nitrogens with one attached hydrogen (secondary N) is 2. The van der Waals surface area contributed by atoms with E-state index in [-0.39, 0.29) is 77.5 Å². The van der Waals surface area contributed by atoms with Gasteiger partial charge < -0.3 is 75.1 Å². The number of rotatable bonds is 25. The molecule has 4 aliphatic carbocycles. The summed E-state index contributed by atoms with van der Waals surface area (Å²) in [5.74, 6) is -3.06. The SMILES string of the molecule is Cc1c(-c2ccc(N3CCc4cccc(C(=O)Nc5nc6ccccc6s5)c4C3)nc2C(=O)O)cnn1CC12CC3(C)CC(C)(C1)CC(OCCN(CCCP(=O)(O)O)C1CCN(C(=O)OC/C=C/c4ccc(O[C@@H]5O[C@H](C(=O)O)[C@@H](O)[C@H](O)[C@H]5O)c(NC(=O)CCN)c4)CC1)(C3)C2. The Bertz CT molecular complexity index is 4030. The van der Waals surface area contributed by atoms with Crippen molar-refractivity contribution in [1.29, 1.82) is 0 Å². The largest absolute Gasteiger partial charge is 0.479 e. The van der Waals surface area contributed by atoms with Gasteiger partial charge in [0.1, 0.15) is 36.5 Å². The van der Waals surface area contributed by atoms with E-state index in [1.165, 1.54) is 23.5 Å². The maximum Gasteiger partial charge on any atom is 0.410 e. The number of hydrogen-bond donors (Lipinski definition) is 10. The van der Waals surface area contributed by atoms with Crippen molar-refractivity contribution in [3.05, 3.63) is 119 Å². The quantitative estimate of drug-likeness (QED) is 0.0252. The zero-order chi connectivity index (χ0) is 69.5. The Morgan fingerprint density at radius 2 is 1.63 bits per heavy atom. The number of likely N-dealkylation sites (tertiary alicyclic amines) is 1. The third-order valence-electron chi connectivity index (χ3n) is 20.2. The van der Waals surface area contributed by atoms with E-state index in [9.17, 15) is 63.9 Å². The standard InChI is InChI=1S/C69H85N10O17PS/c1-41-47(45-15-17-53(74-55(45)61(85)86)78-24-19-43-10-6-11-46(48(43)33-78)60(84)75-64-73-49-12-4-5-13-52(49)98-64)32-71-79(41)40-68-35-66(2)34-67(3,36-68)38-69(37-66,39-68)94-29-27-76(23-8-30-97(90,91)92)44-20-25-77(26-21-44)65(89)93-28-7-9-42-14-16-51(50(31-42)72-54(80)18-22-70)95-63-58(83)56(81)57(82)59(96-63)62(87)88/h4-7,9-17,31-32,44,56-59,63,81-83H,8,18-30,33-40,70H2,1-3H3,(H,72,80)(H,85,86)(H,87,88)(H,73,75,84)(H2,90,91,92)/b9-7+/t56-,57-,58+,59-,63+,66?,67?,68?,69?/m0/s1. The molecule has 98 heavy (non-hydrogen) atoms. The topological polar surface area (TPSA) is 384 Å². The number of carboxylic acid groups (broad SMARTS) is 2. The van der Waals surface area contributed by atoms with Crippen LogP contribution in [0.15, 0.2) is 85.1 Å². The summed E-state index contributed by atoms with van der Waals surface area (Å²) in [5.41, 5.74) is 10.7. The Morgan fingerprint density at radius 1 is 0.867 bits per heavy atom. The number of carboxylic acids is 2. The number of thiazole rings is 1. The van der Waals surface area contributed by atoms with Crippen LogP contribution in [0.5, 0.6) is 5.75 Å². The number of aliphatic carboxylic acids is 1. The van der Waals surface area contributed by atoms with E-state index in [0.717, 1.165) is 65.6 Å². The van der Waals surface area contributed by atoms with Crippen molar-refractivity contribution in [2.75, 3.05) is 74.2 Å². The first-order valence-electron chi connectivity index (χ1n) is 33.2. The molecular formula is C69H85N10O17PS. The molecule has 2 saturated heterocycles. The third kappa shape index (κ3) is 15.5. The molecule has 3 aromatic carbocycles. The highest BCUT2D eigenvalue weighted by atomic mass is 32.1. The highest BCUT2D eigenvalue weighted by Crippen LogP contribution is 2.72. The van der Waals surface area contributed by atoms with Crippen molar-refractivity contribution in [1.82, 2.24) is 29.5 Å². The number of hydrogen-bond acceptors (Lipinski definition) is 20. The summed E-state index contributed by atoms with van der Waals surface area (Å²) in [4.78, 5) is 99.8. The zero-order valence-electron chi connectivity index (χ0n) is 55.0. The van der Waals surface area contributed by atoms with Gasteiger partial charge in [0.2, 0.25) is 12.2 Å². The average molecular weight is 1390 g/mol. The summed E-state index contributed by atoms with van der Waals surface area (Å²) in [7, 11) is -4.28. The van der Waals surface area contributed by atoms with Crippen LogP contribution >= 0.6 is 18.9 Å². The number of carbonyl (C=O) groups is 5. The van der Waals surface area contributed by atoms with Gasteiger partial charge in [-0.2, -0.15) is 5.10 Å². The van der Waals surface area contributed by atoms with Crippen molar-refractivity contribution in [3.63, 3.8) is 0 Å². The van der Waals surface area contributed by atoms with Crippen LogP contribution in [0.4, 0.5) is 21.4 Å². The molecule has 29 heteroatoms. The number of carbonyl (C=O) groups excluding carboxylic acids is 3. The Kier molecular flexibility index (Phi) is 20.4. The second-order valence-corrected chi connectivity index (χ2v) is 30.9. The van der Waals surface area contributed by atoms with Crippen molar-refractivity contribution in [2.45, 2.75) is 147 Å². The van der Waals surface area contributed by atoms with E-state index in [4.69, 9.17) is 34.8 Å². The summed E-state index contributed by atoms with van der Waals surface area (Å²) in [6.07, 6.45) is 2.48. The molecule has 7 atom stereocenters. The number of anilines is 3. The number of aromatic nitrogens is 4. The zero-order valence-corrected chi connectivity index (χ0v) is 56.7. The normalized spacial score (nSPS) is 26.2. The van der Waals surface area contributed by atoms with Crippen LogP contribution < -0.4 is 26.0 Å². The molecule has 6 aromatic rings. The Labute approximate surface area is 570 Å². The summed E-state index contributed by atoms with van der Waals surface area (Å²) >= 11 is 1.41. The molecule has 3 aromatic heterocycles. The minimum atomic E-state index is -4.28. The van der Waals surface area contributed by atoms with Crippen LogP contribution in [-0.2, 0) is 47.9 Å². The smallest absolute Gasteiger partial charge is 0.410 e. The lowest BCUT2D eigenvalue weighted by Crippen LogP contribution is -2.64. The first kappa shape index (κ1) is 70.1. The van der Waals surface area contributed by atoms with Crippen LogP contribution in [0.2, 0.25) is 0 Å². The monoisotopic (exact) mass is 1390 g/mol. The van der Waals surface area contributed by atoms with Crippen molar-refractivity contribution in [3.8, 4) is 16.9 Å². The Hall–Kier alpha value is -7.73. The van der Waals surface area contributed by atoms with Gasteiger partial charge in [-0.1, -0.05) is 61.6 Å². The molecule has 11 N–H and O–H groups in total. The van der Waals surface area contributed by atoms with Crippen LogP contribution in [0.25, 0.3) is 27.4 Å². The van der Waals surface area contributed by atoms with Gasteiger partial charge in [-0.15, -0.1) is 0 Å². The van der Waals surface area contributed by atoms with Crippen LogP contribution in [0.1, 0.15) is 121 Å². The highest BCUT2D eigenvalue weighted by Gasteiger charge is 2.66. The first-order valence-corrected chi connectivity index (χ1v) is 35.8. The Balaban J connectivity index is 0.669. The maximum absolute atomic E-state index is 13.8. The molecule has 0 radical (unpaired) electrons.